The molecule has 0 aromatic heterocycles. The van der Waals surface area contributed by atoms with Crippen molar-refractivity contribution in [2.45, 2.75) is 26.0 Å². The number of aliphatic hydroxyl groups is 1. The van der Waals surface area contributed by atoms with E-state index in [-0.39, 0.29) is 24.7 Å². The second-order valence-electron chi connectivity index (χ2n) is 4.88. The highest BCUT2D eigenvalue weighted by atomic mass is 127. The Morgan fingerprint density at radius 3 is 3.00 bits per heavy atom. The zero-order valence-electron chi connectivity index (χ0n) is 11.1. The van der Waals surface area contributed by atoms with Gasteiger partial charge in [-0.1, -0.05) is 12.1 Å². The maximum absolute atomic E-state index is 12.6. The Balaban J connectivity index is 2.24. The van der Waals surface area contributed by atoms with Gasteiger partial charge in [-0.25, -0.2) is 0 Å². The lowest BCUT2D eigenvalue weighted by Gasteiger charge is -2.37. The van der Waals surface area contributed by atoms with E-state index < -0.39 is 0 Å². The zero-order valence-corrected chi connectivity index (χ0v) is 13.3. The van der Waals surface area contributed by atoms with Gasteiger partial charge in [-0.15, -0.1) is 0 Å². The van der Waals surface area contributed by atoms with Gasteiger partial charge >= 0.3 is 0 Å². The molecule has 0 bridgehead atoms. The van der Waals surface area contributed by atoms with Crippen molar-refractivity contribution in [2.75, 3.05) is 19.8 Å². The summed E-state index contributed by atoms with van der Waals surface area (Å²) in [7, 11) is 0. The molecule has 0 saturated carbocycles. The van der Waals surface area contributed by atoms with E-state index in [4.69, 9.17) is 4.74 Å². The standard InChI is InChI=1S/C14H18INO3/c1-9-4-3-5-12(13(9)15)14(18)16-6-11(7-17)19-8-10(16)2/h3-5,10-11,17H,6-8H2,1-2H3. The molecule has 0 spiro atoms. The largest absolute Gasteiger partial charge is 0.394 e. The van der Waals surface area contributed by atoms with Crippen LogP contribution in [0.2, 0.25) is 0 Å². The van der Waals surface area contributed by atoms with Crippen molar-refractivity contribution in [2.24, 2.45) is 0 Å². The average Bonchev–Trinajstić information content (AvgIpc) is 2.42. The molecule has 5 heteroatoms. The van der Waals surface area contributed by atoms with E-state index in [1.165, 1.54) is 0 Å². The fraction of sp³-hybridized carbons (Fsp3) is 0.500. The normalized spacial score (nSPS) is 23.5. The number of amides is 1. The molecule has 2 rings (SSSR count). The molecule has 1 N–H and O–H groups in total. The van der Waals surface area contributed by atoms with Crippen LogP contribution in [0.3, 0.4) is 0 Å². The molecule has 0 aliphatic carbocycles. The first kappa shape index (κ1) is 14.7. The Morgan fingerprint density at radius 2 is 2.32 bits per heavy atom. The van der Waals surface area contributed by atoms with Crippen molar-refractivity contribution in [1.29, 1.82) is 0 Å². The molecule has 1 heterocycles. The summed E-state index contributed by atoms with van der Waals surface area (Å²) in [5, 5.41) is 9.18. The molecule has 1 fully saturated rings. The summed E-state index contributed by atoms with van der Waals surface area (Å²) in [5.74, 6) is 0.0161. The molecule has 1 aliphatic rings. The smallest absolute Gasteiger partial charge is 0.255 e. The Labute approximate surface area is 126 Å². The Hall–Kier alpha value is -0.660. The lowest BCUT2D eigenvalue weighted by atomic mass is 10.1. The number of rotatable bonds is 2. The lowest BCUT2D eigenvalue weighted by Crippen LogP contribution is -2.52. The monoisotopic (exact) mass is 375 g/mol. The summed E-state index contributed by atoms with van der Waals surface area (Å²) in [6.45, 7) is 4.83. The van der Waals surface area contributed by atoms with E-state index in [1.54, 1.807) is 4.90 Å². The summed E-state index contributed by atoms with van der Waals surface area (Å²) < 4.78 is 6.45. The summed E-state index contributed by atoms with van der Waals surface area (Å²) in [6.07, 6.45) is -0.275. The number of aliphatic hydroxyl groups excluding tert-OH is 1. The van der Waals surface area contributed by atoms with Crippen molar-refractivity contribution < 1.29 is 14.6 Å². The molecule has 4 nitrogen and oxygen atoms in total. The first-order valence-electron chi connectivity index (χ1n) is 6.33. The number of ether oxygens (including phenoxy) is 1. The van der Waals surface area contributed by atoms with Crippen LogP contribution >= 0.6 is 22.6 Å². The van der Waals surface area contributed by atoms with Crippen LogP contribution in [0.25, 0.3) is 0 Å². The van der Waals surface area contributed by atoms with Crippen molar-refractivity contribution in [3.8, 4) is 0 Å². The maximum atomic E-state index is 12.6. The van der Waals surface area contributed by atoms with Crippen LogP contribution < -0.4 is 0 Å². The molecule has 1 aliphatic heterocycles. The molecule has 2 atom stereocenters. The molecule has 19 heavy (non-hydrogen) atoms. The second kappa shape index (κ2) is 6.19. The summed E-state index contributed by atoms with van der Waals surface area (Å²) in [4.78, 5) is 14.4. The van der Waals surface area contributed by atoms with Gasteiger partial charge in [-0.3, -0.25) is 4.79 Å². The third-order valence-electron chi connectivity index (χ3n) is 3.39. The fourth-order valence-corrected chi connectivity index (χ4v) is 2.77. The third-order valence-corrected chi connectivity index (χ3v) is 4.82. The molecule has 2 unspecified atom stereocenters. The van der Waals surface area contributed by atoms with Gasteiger partial charge in [0.2, 0.25) is 0 Å². The van der Waals surface area contributed by atoms with Crippen LogP contribution in [0.15, 0.2) is 18.2 Å². The predicted molar refractivity (Wildman–Crippen MR) is 81.2 cm³/mol. The SMILES string of the molecule is Cc1cccc(C(=O)N2CC(CO)OCC2C)c1I. The van der Waals surface area contributed by atoms with Crippen molar-refractivity contribution in [3.63, 3.8) is 0 Å². The maximum Gasteiger partial charge on any atom is 0.255 e. The highest BCUT2D eigenvalue weighted by Gasteiger charge is 2.30. The average molecular weight is 375 g/mol. The number of benzene rings is 1. The van der Waals surface area contributed by atoms with E-state index in [2.05, 4.69) is 22.6 Å². The Morgan fingerprint density at radius 1 is 1.58 bits per heavy atom. The number of halogens is 1. The van der Waals surface area contributed by atoms with E-state index in [0.717, 1.165) is 14.7 Å². The molecule has 1 saturated heterocycles. The molecule has 1 aromatic rings. The summed E-state index contributed by atoms with van der Waals surface area (Å²) >= 11 is 2.21. The van der Waals surface area contributed by atoms with E-state index in [9.17, 15) is 9.90 Å². The van der Waals surface area contributed by atoms with Gasteiger partial charge in [0.25, 0.3) is 5.91 Å². The number of nitrogens with zero attached hydrogens (tertiary/aromatic N) is 1. The predicted octanol–water partition coefficient (Wildman–Crippen LogP) is 1.82. The topological polar surface area (TPSA) is 49.8 Å². The van der Waals surface area contributed by atoms with Gasteiger partial charge in [0.1, 0.15) is 0 Å². The van der Waals surface area contributed by atoms with Crippen LogP contribution in [-0.2, 0) is 4.74 Å². The number of carbonyl (C=O) groups is 1. The third kappa shape index (κ3) is 3.09. The van der Waals surface area contributed by atoms with E-state index >= 15 is 0 Å². The molecular formula is C14H18INO3. The second-order valence-corrected chi connectivity index (χ2v) is 5.96. The van der Waals surface area contributed by atoms with Gasteiger partial charge in [-0.05, 0) is 48.1 Å². The van der Waals surface area contributed by atoms with E-state index in [0.29, 0.717) is 13.2 Å². The minimum Gasteiger partial charge on any atom is -0.394 e. The van der Waals surface area contributed by atoms with Crippen molar-refractivity contribution >= 4 is 28.5 Å². The van der Waals surface area contributed by atoms with Crippen LogP contribution in [0.1, 0.15) is 22.8 Å². The van der Waals surface area contributed by atoms with Crippen LogP contribution in [0.5, 0.6) is 0 Å². The summed E-state index contributed by atoms with van der Waals surface area (Å²) in [6, 6.07) is 5.79. The van der Waals surface area contributed by atoms with Crippen LogP contribution in [0.4, 0.5) is 0 Å². The van der Waals surface area contributed by atoms with Gasteiger partial charge in [0, 0.05) is 10.1 Å². The van der Waals surface area contributed by atoms with Gasteiger partial charge < -0.3 is 14.7 Å². The minimum atomic E-state index is -0.275. The molecule has 1 aromatic carbocycles. The highest BCUT2D eigenvalue weighted by Crippen LogP contribution is 2.21. The minimum absolute atomic E-state index is 0.0161. The summed E-state index contributed by atoms with van der Waals surface area (Å²) in [5.41, 5.74) is 1.83. The van der Waals surface area contributed by atoms with Gasteiger partial charge in [0.15, 0.2) is 0 Å². The quantitative estimate of drug-likeness (QED) is 0.803. The number of morpholine rings is 1. The molecule has 104 valence electrons. The van der Waals surface area contributed by atoms with Crippen LogP contribution in [0, 0.1) is 10.5 Å². The molecular weight excluding hydrogens is 357 g/mol. The van der Waals surface area contributed by atoms with Crippen LogP contribution in [-0.4, -0.2) is 47.8 Å². The van der Waals surface area contributed by atoms with Gasteiger partial charge in [-0.2, -0.15) is 0 Å². The lowest BCUT2D eigenvalue weighted by molar-refractivity contribution is -0.0667. The van der Waals surface area contributed by atoms with E-state index in [1.807, 2.05) is 32.0 Å². The number of aryl methyl sites for hydroxylation is 1. The Bertz CT molecular complexity index is 478. The highest BCUT2D eigenvalue weighted by molar-refractivity contribution is 14.1. The molecule has 0 radical (unpaired) electrons. The van der Waals surface area contributed by atoms with Crippen molar-refractivity contribution in [3.05, 3.63) is 32.9 Å². The zero-order chi connectivity index (χ0) is 14.0. The first-order chi connectivity index (χ1) is 9.04. The number of hydrogen-bond donors (Lipinski definition) is 1. The Kier molecular flexibility index (Phi) is 4.81. The molecule has 1 amide bonds. The first-order valence-corrected chi connectivity index (χ1v) is 7.41. The number of carbonyl (C=O) groups excluding carboxylic acids is 1. The number of hydrogen-bond acceptors (Lipinski definition) is 3. The van der Waals surface area contributed by atoms with Crippen molar-refractivity contribution in [1.82, 2.24) is 4.90 Å². The van der Waals surface area contributed by atoms with Gasteiger partial charge in [0.05, 0.1) is 30.9 Å². The fourth-order valence-electron chi connectivity index (χ4n) is 2.18.